The molecule has 0 amide bonds. The van der Waals surface area contributed by atoms with Crippen LogP contribution in [0.1, 0.15) is 17.3 Å². The van der Waals surface area contributed by atoms with Crippen LogP contribution in [0.25, 0.3) is 0 Å². The van der Waals surface area contributed by atoms with Crippen molar-refractivity contribution < 1.29 is 27.5 Å². The Balaban J connectivity index is 1.88. The van der Waals surface area contributed by atoms with Gasteiger partial charge in [0.05, 0.1) is 6.26 Å². The van der Waals surface area contributed by atoms with Crippen molar-refractivity contribution in [1.82, 2.24) is 0 Å². The van der Waals surface area contributed by atoms with Gasteiger partial charge in [0.1, 0.15) is 5.75 Å². The highest BCUT2D eigenvalue weighted by molar-refractivity contribution is 7.92. The number of esters is 1. The molecule has 0 fully saturated rings. The standard InChI is InChI=1S/C18H18ClNO6S/c1-12(26-17(21)11-25-16-9-5-14(19)6-10-16)18(22)13-3-7-15(8-4-13)20-27(2,23)24/h3-10,12,20H,11H2,1-2H3/t12-/m1/s1. The summed E-state index contributed by atoms with van der Waals surface area (Å²) in [5.41, 5.74) is 0.614. The maximum atomic E-state index is 12.3. The molecule has 2 rings (SSSR count). The van der Waals surface area contributed by atoms with Crippen LogP contribution in [0.2, 0.25) is 5.02 Å². The topological polar surface area (TPSA) is 98.8 Å². The van der Waals surface area contributed by atoms with Crippen LogP contribution >= 0.6 is 11.6 Å². The molecular weight excluding hydrogens is 394 g/mol. The maximum Gasteiger partial charge on any atom is 0.344 e. The molecule has 9 heteroatoms. The van der Waals surface area contributed by atoms with E-state index in [1.54, 1.807) is 24.3 Å². The van der Waals surface area contributed by atoms with Gasteiger partial charge in [-0.25, -0.2) is 13.2 Å². The van der Waals surface area contributed by atoms with E-state index in [-0.39, 0.29) is 12.2 Å². The van der Waals surface area contributed by atoms with Gasteiger partial charge >= 0.3 is 5.97 Å². The first-order chi connectivity index (χ1) is 12.6. The number of hydrogen-bond acceptors (Lipinski definition) is 6. The van der Waals surface area contributed by atoms with Crippen LogP contribution in [0, 0.1) is 0 Å². The SMILES string of the molecule is C[C@@H](OC(=O)COc1ccc(Cl)cc1)C(=O)c1ccc(NS(C)(=O)=O)cc1. The molecule has 144 valence electrons. The fraction of sp³-hybridized carbons (Fsp3) is 0.222. The number of anilines is 1. The van der Waals surface area contributed by atoms with Gasteiger partial charge in [0, 0.05) is 16.3 Å². The van der Waals surface area contributed by atoms with Crippen molar-refractivity contribution in [2.45, 2.75) is 13.0 Å². The van der Waals surface area contributed by atoms with Crippen LogP contribution in [0.3, 0.4) is 0 Å². The fourth-order valence-corrected chi connectivity index (χ4v) is 2.80. The monoisotopic (exact) mass is 411 g/mol. The predicted octanol–water partition coefficient (Wildman–Crippen LogP) is 2.90. The number of carbonyl (C=O) groups excluding carboxylic acids is 2. The lowest BCUT2D eigenvalue weighted by molar-refractivity contribution is -0.148. The number of carbonyl (C=O) groups is 2. The summed E-state index contributed by atoms with van der Waals surface area (Å²) in [6.07, 6.45) is 0.0136. The molecule has 0 spiro atoms. The Bertz CT molecular complexity index is 910. The molecule has 1 atom stereocenters. The second-order valence-electron chi connectivity index (χ2n) is 5.69. The van der Waals surface area contributed by atoms with E-state index < -0.39 is 27.9 Å². The van der Waals surface area contributed by atoms with Crippen molar-refractivity contribution >= 4 is 39.1 Å². The largest absolute Gasteiger partial charge is 0.482 e. The van der Waals surface area contributed by atoms with Crippen LogP contribution in [-0.4, -0.2) is 39.1 Å². The van der Waals surface area contributed by atoms with Gasteiger partial charge in [-0.1, -0.05) is 11.6 Å². The highest BCUT2D eigenvalue weighted by Crippen LogP contribution is 2.16. The summed E-state index contributed by atoms with van der Waals surface area (Å²) in [4.78, 5) is 24.2. The Morgan fingerprint density at radius 1 is 1.07 bits per heavy atom. The zero-order valence-corrected chi connectivity index (χ0v) is 16.2. The van der Waals surface area contributed by atoms with Gasteiger partial charge in [-0.05, 0) is 55.5 Å². The molecule has 27 heavy (non-hydrogen) atoms. The predicted molar refractivity (Wildman–Crippen MR) is 102 cm³/mol. The van der Waals surface area contributed by atoms with E-state index in [9.17, 15) is 18.0 Å². The molecule has 0 aliphatic carbocycles. The zero-order chi connectivity index (χ0) is 20.0. The number of benzene rings is 2. The molecule has 0 aliphatic rings. The molecule has 0 aliphatic heterocycles. The Labute approximate surface area is 162 Å². The molecule has 2 aromatic rings. The minimum atomic E-state index is -3.40. The molecule has 0 saturated heterocycles. The molecule has 0 radical (unpaired) electrons. The molecule has 0 saturated carbocycles. The molecule has 0 heterocycles. The van der Waals surface area contributed by atoms with Gasteiger partial charge in [-0.15, -0.1) is 0 Å². The first-order valence-electron chi connectivity index (χ1n) is 7.84. The lowest BCUT2D eigenvalue weighted by Crippen LogP contribution is -2.27. The highest BCUT2D eigenvalue weighted by atomic mass is 35.5. The summed E-state index contributed by atoms with van der Waals surface area (Å²) < 4.78 is 35.0. The van der Waals surface area contributed by atoms with Gasteiger partial charge in [-0.3, -0.25) is 9.52 Å². The lowest BCUT2D eigenvalue weighted by Gasteiger charge is -2.13. The van der Waals surface area contributed by atoms with Crippen molar-refractivity contribution in [2.75, 3.05) is 17.6 Å². The molecule has 7 nitrogen and oxygen atoms in total. The number of nitrogens with one attached hydrogen (secondary N) is 1. The van der Waals surface area contributed by atoms with E-state index in [2.05, 4.69) is 4.72 Å². The number of rotatable bonds is 8. The average Bonchev–Trinajstić information content (AvgIpc) is 2.60. The third-order valence-electron chi connectivity index (χ3n) is 3.32. The van der Waals surface area contributed by atoms with E-state index >= 15 is 0 Å². The fourth-order valence-electron chi connectivity index (χ4n) is 2.11. The quantitative estimate of drug-likeness (QED) is 0.529. The maximum absolute atomic E-state index is 12.3. The summed E-state index contributed by atoms with van der Waals surface area (Å²) in [7, 11) is -3.40. The first-order valence-corrected chi connectivity index (χ1v) is 10.1. The summed E-state index contributed by atoms with van der Waals surface area (Å²) in [5.74, 6) is -0.661. The van der Waals surface area contributed by atoms with Crippen molar-refractivity contribution in [3.05, 3.63) is 59.1 Å². The zero-order valence-electron chi connectivity index (χ0n) is 14.6. The van der Waals surface area contributed by atoms with Gasteiger partial charge in [0.2, 0.25) is 15.8 Å². The van der Waals surface area contributed by atoms with E-state index in [1.165, 1.54) is 31.2 Å². The van der Waals surface area contributed by atoms with Crippen LogP contribution < -0.4 is 9.46 Å². The van der Waals surface area contributed by atoms with E-state index in [0.29, 0.717) is 16.5 Å². The van der Waals surface area contributed by atoms with Crippen molar-refractivity contribution in [3.8, 4) is 5.75 Å². The molecule has 0 unspecified atom stereocenters. The number of hydrogen-bond donors (Lipinski definition) is 1. The molecule has 1 N–H and O–H groups in total. The first kappa shape index (κ1) is 20.7. The highest BCUT2D eigenvalue weighted by Gasteiger charge is 2.20. The van der Waals surface area contributed by atoms with Gasteiger partial charge in [-0.2, -0.15) is 0 Å². The van der Waals surface area contributed by atoms with Crippen molar-refractivity contribution in [3.63, 3.8) is 0 Å². The van der Waals surface area contributed by atoms with Crippen LogP contribution in [0.4, 0.5) is 5.69 Å². The van der Waals surface area contributed by atoms with Crippen molar-refractivity contribution in [2.24, 2.45) is 0 Å². The molecular formula is C18H18ClNO6S. The minimum Gasteiger partial charge on any atom is -0.482 e. The third-order valence-corrected chi connectivity index (χ3v) is 4.18. The number of sulfonamides is 1. The Morgan fingerprint density at radius 2 is 1.67 bits per heavy atom. The second kappa shape index (κ2) is 8.88. The molecule has 0 bridgehead atoms. The average molecular weight is 412 g/mol. The van der Waals surface area contributed by atoms with Crippen molar-refractivity contribution in [1.29, 1.82) is 0 Å². The summed E-state index contributed by atoms with van der Waals surface area (Å²) in [6.45, 7) is 1.10. The van der Waals surface area contributed by atoms with E-state index in [1.807, 2.05) is 0 Å². The van der Waals surface area contributed by atoms with Gasteiger partial charge < -0.3 is 9.47 Å². The molecule has 0 aromatic heterocycles. The third kappa shape index (κ3) is 6.92. The lowest BCUT2D eigenvalue weighted by atomic mass is 10.1. The normalized spacial score (nSPS) is 12.1. The number of halogens is 1. The van der Waals surface area contributed by atoms with Crippen LogP contribution in [-0.2, 0) is 19.6 Å². The van der Waals surface area contributed by atoms with E-state index in [4.69, 9.17) is 21.1 Å². The van der Waals surface area contributed by atoms with Gasteiger partial charge in [0.25, 0.3) is 0 Å². The summed E-state index contributed by atoms with van der Waals surface area (Å²) in [6, 6.07) is 12.3. The number of Topliss-reactive ketones (excluding diaryl/α,β-unsaturated/α-hetero) is 1. The Morgan fingerprint density at radius 3 is 2.22 bits per heavy atom. The number of ether oxygens (including phenoxy) is 2. The van der Waals surface area contributed by atoms with Crippen LogP contribution in [0.5, 0.6) is 5.75 Å². The number of ketones is 1. The van der Waals surface area contributed by atoms with Gasteiger partial charge in [0.15, 0.2) is 12.7 Å². The Hall–Kier alpha value is -2.58. The summed E-state index contributed by atoms with van der Waals surface area (Å²) in [5, 5.41) is 0.543. The van der Waals surface area contributed by atoms with Crippen LogP contribution in [0.15, 0.2) is 48.5 Å². The smallest absolute Gasteiger partial charge is 0.344 e. The molecule has 2 aromatic carbocycles. The summed E-state index contributed by atoms with van der Waals surface area (Å²) >= 11 is 5.76. The minimum absolute atomic E-state index is 0.285. The Kier molecular flexibility index (Phi) is 6.81. The second-order valence-corrected chi connectivity index (χ2v) is 7.88. The van der Waals surface area contributed by atoms with E-state index in [0.717, 1.165) is 6.26 Å².